The van der Waals surface area contributed by atoms with E-state index >= 15 is 0 Å². The van der Waals surface area contributed by atoms with E-state index in [2.05, 4.69) is 99.0 Å². The lowest BCUT2D eigenvalue weighted by Gasteiger charge is -2.44. The van der Waals surface area contributed by atoms with Crippen LogP contribution in [0, 0.1) is 12.3 Å². The molecule has 28 heavy (non-hydrogen) atoms. The van der Waals surface area contributed by atoms with Gasteiger partial charge in [0.15, 0.2) is 0 Å². The van der Waals surface area contributed by atoms with E-state index in [4.69, 9.17) is 0 Å². The van der Waals surface area contributed by atoms with Gasteiger partial charge in [-0.1, -0.05) is 82.1 Å². The monoisotopic (exact) mass is 376 g/mol. The second-order valence-corrected chi connectivity index (χ2v) is 9.92. The van der Waals surface area contributed by atoms with Crippen molar-refractivity contribution in [2.24, 2.45) is 5.41 Å². The summed E-state index contributed by atoms with van der Waals surface area (Å²) in [6.45, 7) is 12.0. The Labute approximate surface area is 171 Å². The Morgan fingerprint density at radius 1 is 0.857 bits per heavy atom. The summed E-state index contributed by atoms with van der Waals surface area (Å²) >= 11 is 0. The van der Waals surface area contributed by atoms with Crippen LogP contribution in [-0.2, 0) is 0 Å². The quantitative estimate of drug-likeness (QED) is 0.598. The minimum absolute atomic E-state index is 0.169. The Morgan fingerprint density at radius 2 is 1.46 bits per heavy atom. The minimum atomic E-state index is 0.169. The Bertz CT molecular complexity index is 786. The molecule has 2 aliphatic rings. The Hall–Kier alpha value is -1.80. The van der Waals surface area contributed by atoms with Gasteiger partial charge in [-0.15, -0.1) is 0 Å². The molecule has 2 fully saturated rings. The van der Waals surface area contributed by atoms with Crippen LogP contribution >= 0.6 is 0 Å². The molecule has 1 heterocycles. The highest BCUT2D eigenvalue weighted by Gasteiger charge is 2.52. The first kappa shape index (κ1) is 19.5. The molecule has 1 aliphatic carbocycles. The summed E-state index contributed by atoms with van der Waals surface area (Å²) in [6, 6.07) is 21.7. The summed E-state index contributed by atoms with van der Waals surface area (Å²) in [6.07, 6.45) is 5.82. The van der Waals surface area contributed by atoms with Gasteiger partial charge in [-0.2, -0.15) is 0 Å². The van der Waals surface area contributed by atoms with Gasteiger partial charge in [-0.05, 0) is 49.3 Å². The first-order valence-electron chi connectivity index (χ1n) is 11.1. The maximum absolute atomic E-state index is 2.90. The smallest absolute Gasteiger partial charge is 0.0881 e. The molecular weight excluding hydrogens is 340 g/mol. The van der Waals surface area contributed by atoms with E-state index in [9.17, 15) is 0 Å². The molecule has 1 saturated heterocycles. The van der Waals surface area contributed by atoms with E-state index in [-0.39, 0.29) is 5.41 Å². The lowest BCUT2D eigenvalue weighted by molar-refractivity contribution is 0.0645. The van der Waals surface area contributed by atoms with E-state index in [1.807, 2.05) is 0 Å². The SMILES string of the molecule is Cc1ccccc1N1C(C(C)(C)C)N(C2CCCC2)C(c2ccccc2)[C@@H]1C. The van der Waals surface area contributed by atoms with Gasteiger partial charge in [0, 0.05) is 17.8 Å². The third-order valence-corrected chi connectivity index (χ3v) is 6.82. The van der Waals surface area contributed by atoms with Crippen LogP contribution in [0.1, 0.15) is 70.5 Å². The zero-order valence-electron chi connectivity index (χ0n) is 18.2. The largest absolute Gasteiger partial charge is 0.350 e. The first-order valence-corrected chi connectivity index (χ1v) is 11.1. The van der Waals surface area contributed by atoms with Gasteiger partial charge in [-0.25, -0.2) is 0 Å². The molecule has 2 aromatic carbocycles. The Balaban J connectivity index is 1.87. The van der Waals surface area contributed by atoms with E-state index in [1.165, 1.54) is 42.5 Å². The zero-order valence-corrected chi connectivity index (χ0v) is 18.2. The van der Waals surface area contributed by atoms with Crippen LogP contribution in [0.15, 0.2) is 54.6 Å². The summed E-state index contributed by atoms with van der Waals surface area (Å²) in [4.78, 5) is 5.64. The van der Waals surface area contributed by atoms with Crippen molar-refractivity contribution in [3.63, 3.8) is 0 Å². The highest BCUT2D eigenvalue weighted by atomic mass is 15.5. The molecule has 0 N–H and O–H groups in total. The third-order valence-electron chi connectivity index (χ3n) is 6.82. The predicted molar refractivity (Wildman–Crippen MR) is 120 cm³/mol. The Kier molecular flexibility index (Phi) is 5.26. The van der Waals surface area contributed by atoms with E-state index < -0.39 is 0 Å². The van der Waals surface area contributed by atoms with Gasteiger partial charge >= 0.3 is 0 Å². The molecule has 3 atom stereocenters. The van der Waals surface area contributed by atoms with Gasteiger partial charge in [0.25, 0.3) is 0 Å². The molecule has 2 nitrogen and oxygen atoms in total. The van der Waals surface area contributed by atoms with Crippen LogP contribution in [-0.4, -0.2) is 23.1 Å². The standard InChI is InChI=1S/C26H36N2/c1-19-13-9-12-18-23(19)27-20(2)24(21-14-7-6-8-15-21)28(22-16-10-11-17-22)25(27)26(3,4)5/h6-9,12-15,18,20,22,24-25H,10-11,16-17H2,1-5H3/t20-,24?,25?/m0/s1. The number of aryl methyl sites for hydroxylation is 1. The van der Waals surface area contributed by atoms with E-state index in [0.717, 1.165) is 0 Å². The van der Waals surface area contributed by atoms with E-state index in [1.54, 1.807) is 0 Å². The summed E-state index contributed by atoms with van der Waals surface area (Å²) in [5.74, 6) is 0. The summed E-state index contributed by atoms with van der Waals surface area (Å²) in [7, 11) is 0. The van der Waals surface area contributed by atoms with Gasteiger partial charge in [0.1, 0.15) is 0 Å². The fourth-order valence-corrected chi connectivity index (χ4v) is 5.72. The lowest BCUT2D eigenvalue weighted by atomic mass is 9.89. The number of para-hydroxylation sites is 1. The maximum atomic E-state index is 2.90. The molecule has 0 amide bonds. The number of hydrogen-bond donors (Lipinski definition) is 0. The zero-order chi connectivity index (χ0) is 19.9. The number of benzene rings is 2. The van der Waals surface area contributed by atoms with Gasteiger partial charge in [0.05, 0.1) is 12.2 Å². The number of hydrogen-bond acceptors (Lipinski definition) is 2. The van der Waals surface area contributed by atoms with Crippen LogP contribution in [0.5, 0.6) is 0 Å². The highest BCUT2D eigenvalue weighted by molar-refractivity contribution is 5.57. The predicted octanol–water partition coefficient (Wildman–Crippen LogP) is 6.56. The van der Waals surface area contributed by atoms with Gasteiger partial charge < -0.3 is 4.90 Å². The van der Waals surface area contributed by atoms with Crippen molar-refractivity contribution in [3.8, 4) is 0 Å². The summed E-state index contributed by atoms with van der Waals surface area (Å²) in [5.41, 5.74) is 4.41. The van der Waals surface area contributed by atoms with Crippen molar-refractivity contribution in [1.29, 1.82) is 0 Å². The minimum Gasteiger partial charge on any atom is -0.350 e. The molecule has 1 aliphatic heterocycles. The summed E-state index contributed by atoms with van der Waals surface area (Å²) < 4.78 is 0. The van der Waals surface area contributed by atoms with Crippen LogP contribution in [0.25, 0.3) is 0 Å². The number of rotatable bonds is 3. The van der Waals surface area contributed by atoms with Crippen LogP contribution in [0.2, 0.25) is 0 Å². The fraction of sp³-hybridized carbons (Fsp3) is 0.538. The average molecular weight is 377 g/mol. The molecule has 0 aromatic heterocycles. The first-order chi connectivity index (χ1) is 13.4. The molecule has 2 unspecified atom stereocenters. The third kappa shape index (κ3) is 3.37. The molecule has 2 aromatic rings. The lowest BCUT2D eigenvalue weighted by Crippen LogP contribution is -2.52. The maximum Gasteiger partial charge on any atom is 0.0881 e. The van der Waals surface area contributed by atoms with Crippen LogP contribution < -0.4 is 4.90 Å². The molecule has 2 heteroatoms. The second-order valence-electron chi connectivity index (χ2n) is 9.92. The molecular formula is C26H36N2. The van der Waals surface area contributed by atoms with Crippen molar-refractivity contribution in [3.05, 3.63) is 65.7 Å². The molecule has 4 rings (SSSR count). The fourth-order valence-electron chi connectivity index (χ4n) is 5.72. The van der Waals surface area contributed by atoms with Crippen LogP contribution in [0.3, 0.4) is 0 Å². The average Bonchev–Trinajstić information content (AvgIpc) is 3.28. The van der Waals surface area contributed by atoms with Crippen LogP contribution in [0.4, 0.5) is 5.69 Å². The van der Waals surface area contributed by atoms with Crippen molar-refractivity contribution < 1.29 is 0 Å². The van der Waals surface area contributed by atoms with Crippen molar-refractivity contribution in [1.82, 2.24) is 4.90 Å². The summed E-state index contributed by atoms with van der Waals surface area (Å²) in [5, 5.41) is 0. The van der Waals surface area contributed by atoms with Crippen molar-refractivity contribution in [2.75, 3.05) is 4.90 Å². The number of nitrogens with zero attached hydrogens (tertiary/aromatic N) is 2. The molecule has 0 radical (unpaired) electrons. The molecule has 150 valence electrons. The molecule has 1 saturated carbocycles. The van der Waals surface area contributed by atoms with E-state index in [0.29, 0.717) is 24.3 Å². The molecule has 0 bridgehead atoms. The van der Waals surface area contributed by atoms with Gasteiger partial charge in [0.2, 0.25) is 0 Å². The normalized spacial score (nSPS) is 26.9. The molecule has 0 spiro atoms. The van der Waals surface area contributed by atoms with Crippen molar-refractivity contribution in [2.45, 2.75) is 84.6 Å². The van der Waals surface area contributed by atoms with Gasteiger partial charge in [-0.3, -0.25) is 4.90 Å². The second kappa shape index (κ2) is 7.55. The highest BCUT2D eigenvalue weighted by Crippen LogP contribution is 2.49. The topological polar surface area (TPSA) is 6.48 Å². The van der Waals surface area contributed by atoms with Crippen molar-refractivity contribution >= 4 is 5.69 Å². The number of anilines is 1. The Morgan fingerprint density at radius 3 is 2.07 bits per heavy atom.